The van der Waals surface area contributed by atoms with E-state index in [1.54, 1.807) is 4.90 Å². The van der Waals surface area contributed by atoms with E-state index in [1.165, 1.54) is 25.5 Å². The van der Waals surface area contributed by atoms with Crippen molar-refractivity contribution in [3.63, 3.8) is 0 Å². The molecule has 2 aliphatic heterocycles. The predicted octanol–water partition coefficient (Wildman–Crippen LogP) is 2.66. The maximum Gasteiger partial charge on any atom is 0.409 e. The van der Waals surface area contributed by atoms with E-state index in [0.717, 1.165) is 51.5 Å². The number of hydrogen-bond donors (Lipinski definition) is 2. The van der Waals surface area contributed by atoms with Crippen LogP contribution in [0.4, 0.5) is 4.79 Å². The van der Waals surface area contributed by atoms with Gasteiger partial charge in [0.1, 0.15) is 0 Å². The van der Waals surface area contributed by atoms with E-state index in [1.807, 2.05) is 7.05 Å². The smallest absolute Gasteiger partial charge is 0.409 e. The van der Waals surface area contributed by atoms with Crippen molar-refractivity contribution in [1.29, 1.82) is 0 Å². The number of amides is 1. The summed E-state index contributed by atoms with van der Waals surface area (Å²) in [5.74, 6) is 0.850. The lowest BCUT2D eigenvalue weighted by Crippen LogP contribution is -2.51. The number of halogens is 1. The molecule has 2 fully saturated rings. The van der Waals surface area contributed by atoms with Gasteiger partial charge in [-0.2, -0.15) is 0 Å². The number of methoxy groups -OCH3 is 1. The van der Waals surface area contributed by atoms with Crippen molar-refractivity contribution in [2.24, 2.45) is 4.99 Å². The predicted molar refractivity (Wildman–Crippen MR) is 127 cm³/mol. The molecule has 1 unspecified atom stereocenters. The molecule has 0 saturated carbocycles. The van der Waals surface area contributed by atoms with Crippen LogP contribution in [0, 0.1) is 0 Å². The first-order valence-electron chi connectivity index (χ1n) is 10.3. The Hall–Kier alpha value is -1.55. The van der Waals surface area contributed by atoms with Gasteiger partial charge in [0.05, 0.1) is 7.11 Å². The summed E-state index contributed by atoms with van der Waals surface area (Å²) in [4.78, 5) is 20.3. The molecule has 7 nitrogen and oxygen atoms in total. The number of nitrogens with one attached hydrogen (secondary N) is 2. The highest BCUT2D eigenvalue weighted by Gasteiger charge is 2.26. The van der Waals surface area contributed by atoms with Crippen LogP contribution in [0.2, 0.25) is 0 Å². The van der Waals surface area contributed by atoms with Gasteiger partial charge in [-0.1, -0.05) is 30.3 Å². The zero-order valence-electron chi connectivity index (χ0n) is 17.5. The number of benzene rings is 1. The van der Waals surface area contributed by atoms with Gasteiger partial charge >= 0.3 is 6.09 Å². The molecule has 0 bridgehead atoms. The number of hydrogen-bond acceptors (Lipinski definition) is 4. The molecule has 0 radical (unpaired) electrons. The van der Waals surface area contributed by atoms with Crippen LogP contribution in [0.1, 0.15) is 31.2 Å². The number of aliphatic imine (C=N–C) groups is 1. The molecule has 1 aromatic carbocycles. The largest absolute Gasteiger partial charge is 0.453 e. The number of piperidine rings is 1. The highest BCUT2D eigenvalue weighted by atomic mass is 127. The van der Waals surface area contributed by atoms with Crippen LogP contribution in [0.15, 0.2) is 35.3 Å². The van der Waals surface area contributed by atoms with E-state index in [9.17, 15) is 4.79 Å². The van der Waals surface area contributed by atoms with Gasteiger partial charge in [0, 0.05) is 45.3 Å². The number of carbonyl (C=O) groups excluding carboxylic acids is 1. The van der Waals surface area contributed by atoms with Crippen molar-refractivity contribution in [1.82, 2.24) is 20.4 Å². The molecule has 3 rings (SSSR count). The van der Waals surface area contributed by atoms with Crippen molar-refractivity contribution < 1.29 is 9.53 Å². The summed E-state index contributed by atoms with van der Waals surface area (Å²) in [6.07, 6.45) is 4.03. The Labute approximate surface area is 191 Å². The highest BCUT2D eigenvalue weighted by Crippen LogP contribution is 2.19. The summed E-state index contributed by atoms with van der Waals surface area (Å²) in [5.41, 5.74) is 1.37. The first-order chi connectivity index (χ1) is 13.7. The van der Waals surface area contributed by atoms with Crippen molar-refractivity contribution in [2.75, 3.05) is 40.3 Å². The van der Waals surface area contributed by atoms with E-state index in [4.69, 9.17) is 4.74 Å². The molecule has 1 amide bonds. The van der Waals surface area contributed by atoms with Crippen LogP contribution < -0.4 is 10.6 Å². The second-order valence-electron chi connectivity index (χ2n) is 7.58. The molecule has 162 valence electrons. The van der Waals surface area contributed by atoms with Gasteiger partial charge in [0.25, 0.3) is 0 Å². The lowest BCUT2D eigenvalue weighted by atomic mass is 10.1. The lowest BCUT2D eigenvalue weighted by Gasteiger charge is -2.32. The topological polar surface area (TPSA) is 69.2 Å². The standard InChI is InChI=1S/C21H33N5O2.HI/c1-22-20(24-18-10-13-25(14-11-18)21(27)28-2)23-15-19-9-6-12-26(19)16-17-7-4-3-5-8-17;/h3-5,7-8,18-19H,6,9-16H2,1-2H3,(H2,22,23,24);1H. The maximum absolute atomic E-state index is 11.6. The Morgan fingerprint density at radius 1 is 1.17 bits per heavy atom. The van der Waals surface area contributed by atoms with E-state index < -0.39 is 0 Å². The van der Waals surface area contributed by atoms with Crippen LogP contribution in [0.5, 0.6) is 0 Å². The molecule has 8 heteroatoms. The average molecular weight is 515 g/mol. The zero-order chi connectivity index (χ0) is 19.8. The monoisotopic (exact) mass is 515 g/mol. The van der Waals surface area contributed by atoms with E-state index >= 15 is 0 Å². The Morgan fingerprint density at radius 2 is 1.90 bits per heavy atom. The van der Waals surface area contributed by atoms with Gasteiger partial charge in [-0.05, 0) is 37.8 Å². The Morgan fingerprint density at radius 3 is 2.55 bits per heavy atom. The van der Waals surface area contributed by atoms with Gasteiger partial charge in [-0.3, -0.25) is 9.89 Å². The van der Waals surface area contributed by atoms with Crippen molar-refractivity contribution >= 4 is 36.0 Å². The van der Waals surface area contributed by atoms with Crippen LogP contribution in [-0.2, 0) is 11.3 Å². The molecule has 0 aromatic heterocycles. The Kier molecular flexibility index (Phi) is 9.99. The summed E-state index contributed by atoms with van der Waals surface area (Å²) in [6.45, 7) is 4.49. The Balaban J connectivity index is 0.00000300. The molecule has 1 aromatic rings. The van der Waals surface area contributed by atoms with Gasteiger partial charge in [0.15, 0.2) is 5.96 Å². The second kappa shape index (κ2) is 12.2. The van der Waals surface area contributed by atoms with Crippen LogP contribution in [0.25, 0.3) is 0 Å². The summed E-state index contributed by atoms with van der Waals surface area (Å²) < 4.78 is 4.80. The van der Waals surface area contributed by atoms with E-state index in [-0.39, 0.29) is 30.1 Å². The number of carbonyl (C=O) groups is 1. The normalized spacial score (nSPS) is 20.8. The van der Waals surface area contributed by atoms with Crippen molar-refractivity contribution in [2.45, 2.75) is 44.3 Å². The highest BCUT2D eigenvalue weighted by molar-refractivity contribution is 14.0. The molecular formula is C21H34IN5O2. The molecule has 1 atom stereocenters. The summed E-state index contributed by atoms with van der Waals surface area (Å²) in [7, 11) is 3.25. The molecule has 2 heterocycles. The minimum Gasteiger partial charge on any atom is -0.453 e. The summed E-state index contributed by atoms with van der Waals surface area (Å²) in [6, 6.07) is 11.5. The van der Waals surface area contributed by atoms with Gasteiger partial charge < -0.3 is 20.3 Å². The molecular weight excluding hydrogens is 481 g/mol. The molecule has 2 N–H and O–H groups in total. The average Bonchev–Trinajstić information content (AvgIpc) is 3.18. The van der Waals surface area contributed by atoms with Crippen molar-refractivity contribution in [3.8, 4) is 0 Å². The fraction of sp³-hybridized carbons (Fsp3) is 0.619. The van der Waals surface area contributed by atoms with Crippen molar-refractivity contribution in [3.05, 3.63) is 35.9 Å². The minimum absolute atomic E-state index is 0. The number of nitrogens with zero attached hydrogens (tertiary/aromatic N) is 3. The molecule has 0 spiro atoms. The maximum atomic E-state index is 11.6. The first-order valence-corrected chi connectivity index (χ1v) is 10.3. The third-order valence-corrected chi connectivity index (χ3v) is 5.72. The number of ether oxygens (including phenoxy) is 1. The summed E-state index contributed by atoms with van der Waals surface area (Å²) in [5, 5.41) is 7.02. The van der Waals surface area contributed by atoms with Gasteiger partial charge in [0.2, 0.25) is 0 Å². The number of likely N-dealkylation sites (tertiary alicyclic amines) is 2. The molecule has 2 aliphatic rings. The fourth-order valence-corrected chi connectivity index (χ4v) is 4.09. The van der Waals surface area contributed by atoms with Gasteiger partial charge in [-0.25, -0.2) is 4.79 Å². The fourth-order valence-electron chi connectivity index (χ4n) is 4.09. The number of rotatable bonds is 5. The first kappa shape index (κ1) is 23.7. The van der Waals surface area contributed by atoms with E-state index in [0.29, 0.717) is 12.1 Å². The second-order valence-corrected chi connectivity index (χ2v) is 7.58. The lowest BCUT2D eigenvalue weighted by molar-refractivity contribution is 0.111. The quantitative estimate of drug-likeness (QED) is 0.359. The third kappa shape index (κ3) is 7.02. The molecule has 0 aliphatic carbocycles. The Bertz CT molecular complexity index is 650. The molecule has 2 saturated heterocycles. The van der Waals surface area contributed by atoms with Crippen LogP contribution >= 0.6 is 24.0 Å². The minimum atomic E-state index is -0.235. The molecule has 29 heavy (non-hydrogen) atoms. The number of guanidine groups is 1. The van der Waals surface area contributed by atoms with Crippen LogP contribution in [-0.4, -0.2) is 74.3 Å². The van der Waals surface area contributed by atoms with E-state index in [2.05, 4.69) is 50.9 Å². The third-order valence-electron chi connectivity index (χ3n) is 5.72. The van der Waals surface area contributed by atoms with Gasteiger partial charge in [-0.15, -0.1) is 24.0 Å². The SMILES string of the molecule is CN=C(NCC1CCCN1Cc1ccccc1)NC1CCN(C(=O)OC)CC1.I. The summed E-state index contributed by atoms with van der Waals surface area (Å²) >= 11 is 0. The zero-order valence-corrected chi connectivity index (χ0v) is 19.8. The van der Waals surface area contributed by atoms with Crippen LogP contribution in [0.3, 0.4) is 0 Å².